The van der Waals surface area contributed by atoms with Gasteiger partial charge in [0.1, 0.15) is 4.49 Å². The van der Waals surface area contributed by atoms with E-state index in [0.717, 1.165) is 0 Å². The molecule has 1 aromatic rings. The Labute approximate surface area is 120 Å². The van der Waals surface area contributed by atoms with Crippen molar-refractivity contribution in [3.8, 4) is 0 Å². The summed E-state index contributed by atoms with van der Waals surface area (Å²) in [4.78, 5) is 21.5. The van der Waals surface area contributed by atoms with Crippen molar-refractivity contribution in [2.24, 2.45) is 0 Å². The van der Waals surface area contributed by atoms with Crippen LogP contribution in [0.2, 0.25) is 0 Å². The minimum atomic E-state index is -4.25. The zero-order valence-electron chi connectivity index (χ0n) is 9.97. The van der Waals surface area contributed by atoms with Crippen LogP contribution >= 0.6 is 30.8 Å². The maximum Gasteiger partial charge on any atom is 0.377 e. The Morgan fingerprint density at radius 1 is 1.37 bits per heavy atom. The molecule has 0 aliphatic heterocycles. The van der Waals surface area contributed by atoms with Gasteiger partial charge in [0.05, 0.1) is 6.61 Å². The second kappa shape index (κ2) is 7.08. The largest absolute Gasteiger partial charge is 0.377 e. The van der Waals surface area contributed by atoms with Crippen LogP contribution < -0.4 is 5.32 Å². The van der Waals surface area contributed by atoms with Crippen molar-refractivity contribution in [1.29, 1.82) is 0 Å². The van der Waals surface area contributed by atoms with Gasteiger partial charge in [0.25, 0.3) is 5.91 Å². The molecule has 0 aromatic heterocycles. The third-order valence-electron chi connectivity index (χ3n) is 2.03. The van der Waals surface area contributed by atoms with Gasteiger partial charge in [0.15, 0.2) is 5.44 Å². The average Bonchev–Trinajstić information content (AvgIpc) is 2.36. The summed E-state index contributed by atoms with van der Waals surface area (Å²) < 4.78 is 15.9. The van der Waals surface area contributed by atoms with Crippen LogP contribution in [-0.4, -0.2) is 17.4 Å². The fourth-order valence-electron chi connectivity index (χ4n) is 1.23. The Morgan fingerprint density at radius 3 is 2.42 bits per heavy atom. The summed E-state index contributed by atoms with van der Waals surface area (Å²) in [6.07, 6.45) is 0. The van der Waals surface area contributed by atoms with Gasteiger partial charge < -0.3 is 14.7 Å². The average molecular weight is 324 g/mol. The third kappa shape index (κ3) is 4.64. The number of carbonyl (C=O) groups is 1. The molecule has 8 heteroatoms. The lowest BCUT2D eigenvalue weighted by molar-refractivity contribution is 0.0965. The van der Waals surface area contributed by atoms with E-state index in [1.165, 1.54) is 19.1 Å². The van der Waals surface area contributed by atoms with Crippen molar-refractivity contribution in [3.63, 3.8) is 0 Å². The smallest absolute Gasteiger partial charge is 0.320 e. The molecular weight excluding hydrogens is 312 g/mol. The van der Waals surface area contributed by atoms with Gasteiger partial charge in [-0.3, -0.25) is 9.36 Å². The topological polar surface area (TPSA) is 75.6 Å². The minimum absolute atomic E-state index is 0.0282. The zero-order valence-corrected chi connectivity index (χ0v) is 12.4. The van der Waals surface area contributed by atoms with Gasteiger partial charge in [0, 0.05) is 5.56 Å². The van der Waals surface area contributed by atoms with Crippen LogP contribution in [-0.2, 0) is 9.09 Å². The number of hydrogen-bond acceptors (Lipinski definition) is 3. The highest BCUT2D eigenvalue weighted by Crippen LogP contribution is 2.51. The Morgan fingerprint density at radius 2 is 1.95 bits per heavy atom. The van der Waals surface area contributed by atoms with Crippen LogP contribution in [0, 0.1) is 0 Å². The molecule has 1 aromatic carbocycles. The third-order valence-corrected chi connectivity index (χ3v) is 4.18. The van der Waals surface area contributed by atoms with Gasteiger partial charge in [-0.2, -0.15) is 0 Å². The molecule has 0 saturated heterocycles. The molecule has 0 spiro atoms. The van der Waals surface area contributed by atoms with Crippen LogP contribution in [0.1, 0.15) is 17.3 Å². The highest BCUT2D eigenvalue weighted by Gasteiger charge is 2.30. The van der Waals surface area contributed by atoms with Gasteiger partial charge >= 0.3 is 7.60 Å². The lowest BCUT2D eigenvalue weighted by Crippen LogP contribution is -2.23. The number of hydrogen-bond donors (Lipinski definition) is 2. The van der Waals surface area contributed by atoms with Crippen LogP contribution in [0.4, 0.5) is 0 Å². The molecule has 0 saturated carbocycles. The molecule has 0 bridgehead atoms. The van der Waals surface area contributed by atoms with Crippen molar-refractivity contribution in [1.82, 2.24) is 5.32 Å². The lowest BCUT2D eigenvalue weighted by atomic mass is 10.2. The maximum atomic E-state index is 11.9. The summed E-state index contributed by atoms with van der Waals surface area (Å²) in [6.45, 7) is 1.50. The van der Waals surface area contributed by atoms with Crippen molar-refractivity contribution < 1.29 is 18.8 Å². The summed E-state index contributed by atoms with van der Waals surface area (Å²) in [5, 5.41) is 2.20. The minimum Gasteiger partial charge on any atom is -0.320 e. The first kappa shape index (κ1) is 16.2. The van der Waals surface area contributed by atoms with E-state index >= 15 is 0 Å². The van der Waals surface area contributed by atoms with E-state index in [2.05, 4.69) is 9.84 Å². The van der Waals surface area contributed by atoms with E-state index in [-0.39, 0.29) is 6.61 Å². The number of halogens is 2. The zero-order chi connectivity index (χ0) is 14.5. The molecule has 0 heterocycles. The summed E-state index contributed by atoms with van der Waals surface area (Å²) in [6, 6.07) is 8.12. The monoisotopic (exact) mass is 323 g/mol. The molecular formula is C11H12Cl2NO4P. The van der Waals surface area contributed by atoms with E-state index in [4.69, 9.17) is 23.2 Å². The SMILES string of the molecule is CCOP(=O)(O)C(NC(=O)c1ccccc1)=C(Cl)Cl. The summed E-state index contributed by atoms with van der Waals surface area (Å²) in [5.41, 5.74) is -0.238. The standard InChI is InChI=1S/C11H12Cl2NO4P/c1-2-18-19(16,17)11(9(12)13)14-10(15)8-6-4-3-5-7-8/h3-7H,2H2,1H3,(H,14,15)(H,16,17). The molecule has 0 aliphatic carbocycles. The first-order chi connectivity index (χ1) is 8.88. The Bertz CT molecular complexity index is 529. The second-order valence-electron chi connectivity index (χ2n) is 3.37. The van der Waals surface area contributed by atoms with E-state index in [9.17, 15) is 14.3 Å². The fourth-order valence-corrected chi connectivity index (χ4v) is 2.90. The van der Waals surface area contributed by atoms with Crippen molar-refractivity contribution in [2.45, 2.75) is 6.92 Å². The molecule has 1 atom stereocenters. The van der Waals surface area contributed by atoms with E-state index in [1.54, 1.807) is 18.2 Å². The molecule has 1 amide bonds. The predicted octanol–water partition coefficient (Wildman–Crippen LogP) is 3.24. The molecule has 5 nitrogen and oxygen atoms in total. The van der Waals surface area contributed by atoms with Gasteiger partial charge in [-0.25, -0.2) is 0 Å². The van der Waals surface area contributed by atoms with Crippen LogP contribution in [0.15, 0.2) is 40.3 Å². The molecule has 2 N–H and O–H groups in total. The number of amides is 1. The molecule has 0 fully saturated rings. The number of rotatable bonds is 5. The van der Waals surface area contributed by atoms with E-state index in [0.29, 0.717) is 5.56 Å². The Kier molecular flexibility index (Phi) is 6.04. The van der Waals surface area contributed by atoms with E-state index < -0.39 is 23.4 Å². The summed E-state index contributed by atoms with van der Waals surface area (Å²) in [7, 11) is -4.25. The van der Waals surface area contributed by atoms with Crippen molar-refractivity contribution in [3.05, 3.63) is 45.8 Å². The first-order valence-corrected chi connectivity index (χ1v) is 7.61. The molecule has 19 heavy (non-hydrogen) atoms. The number of benzene rings is 1. The highest BCUT2D eigenvalue weighted by molar-refractivity contribution is 7.57. The Hall–Kier alpha value is -0.840. The molecule has 1 rings (SSSR count). The molecule has 104 valence electrons. The van der Waals surface area contributed by atoms with Crippen LogP contribution in [0.5, 0.6) is 0 Å². The van der Waals surface area contributed by atoms with E-state index in [1.807, 2.05) is 0 Å². The van der Waals surface area contributed by atoms with Crippen LogP contribution in [0.3, 0.4) is 0 Å². The molecule has 1 unspecified atom stereocenters. The number of carbonyl (C=O) groups excluding carboxylic acids is 1. The van der Waals surface area contributed by atoms with Gasteiger partial charge in [-0.05, 0) is 19.1 Å². The van der Waals surface area contributed by atoms with Gasteiger partial charge in [-0.1, -0.05) is 41.4 Å². The van der Waals surface area contributed by atoms with Crippen molar-refractivity contribution in [2.75, 3.05) is 6.61 Å². The van der Waals surface area contributed by atoms with Crippen LogP contribution in [0.25, 0.3) is 0 Å². The first-order valence-electron chi connectivity index (χ1n) is 5.28. The fraction of sp³-hybridized carbons (Fsp3) is 0.182. The predicted molar refractivity (Wildman–Crippen MR) is 74.1 cm³/mol. The summed E-state index contributed by atoms with van der Waals surface area (Å²) in [5.74, 6) is -0.608. The Balaban J connectivity index is 2.97. The van der Waals surface area contributed by atoms with Gasteiger partial charge in [-0.15, -0.1) is 0 Å². The van der Waals surface area contributed by atoms with Gasteiger partial charge in [0.2, 0.25) is 0 Å². The number of nitrogens with one attached hydrogen (secondary N) is 1. The molecule has 0 radical (unpaired) electrons. The highest BCUT2D eigenvalue weighted by atomic mass is 35.5. The second-order valence-corrected chi connectivity index (χ2v) is 6.06. The quantitative estimate of drug-likeness (QED) is 0.815. The summed E-state index contributed by atoms with van der Waals surface area (Å²) >= 11 is 11.0. The molecule has 0 aliphatic rings. The van der Waals surface area contributed by atoms with Crippen molar-refractivity contribution >= 4 is 36.7 Å². The lowest BCUT2D eigenvalue weighted by Gasteiger charge is -2.15. The maximum absolute atomic E-state index is 11.9. The normalized spacial score (nSPS) is 13.5.